The fourth-order valence-electron chi connectivity index (χ4n) is 3.33. The van der Waals surface area contributed by atoms with E-state index < -0.39 is 6.16 Å². The van der Waals surface area contributed by atoms with Crippen molar-refractivity contribution in [3.63, 3.8) is 0 Å². The molecule has 1 aromatic rings. The maximum atomic E-state index is 12.2. The predicted molar refractivity (Wildman–Crippen MR) is 96.3 cm³/mol. The van der Waals surface area contributed by atoms with Gasteiger partial charge in [-0.25, -0.2) is 9.59 Å². The second-order valence-electron chi connectivity index (χ2n) is 6.58. The van der Waals surface area contributed by atoms with Crippen molar-refractivity contribution >= 4 is 17.9 Å². The van der Waals surface area contributed by atoms with Gasteiger partial charge in [-0.05, 0) is 44.0 Å². The van der Waals surface area contributed by atoms with Crippen LogP contribution in [-0.4, -0.2) is 62.1 Å². The lowest BCUT2D eigenvalue weighted by Crippen LogP contribution is -2.42. The molecule has 0 spiro atoms. The molecule has 8 heteroatoms. The maximum absolute atomic E-state index is 12.2. The summed E-state index contributed by atoms with van der Waals surface area (Å²) in [4.78, 5) is 27.3. The lowest BCUT2D eigenvalue weighted by Gasteiger charge is -2.32. The molecule has 2 aliphatic heterocycles. The van der Waals surface area contributed by atoms with Gasteiger partial charge in [0.05, 0.1) is 24.8 Å². The van der Waals surface area contributed by atoms with Crippen molar-refractivity contribution in [2.24, 2.45) is 0 Å². The maximum Gasteiger partial charge on any atom is 0.508 e. The van der Waals surface area contributed by atoms with Crippen LogP contribution in [0.4, 0.5) is 15.3 Å². The monoisotopic (exact) mass is 373 g/mol. The molecule has 144 valence electrons. The van der Waals surface area contributed by atoms with Gasteiger partial charge in [-0.2, -0.15) is 5.26 Å². The fraction of sp³-hybridized carbons (Fsp3) is 0.526. The Morgan fingerprint density at radius 2 is 2.00 bits per heavy atom. The van der Waals surface area contributed by atoms with Gasteiger partial charge in [0.15, 0.2) is 0 Å². The van der Waals surface area contributed by atoms with Gasteiger partial charge < -0.3 is 14.2 Å². The Hall–Kier alpha value is -2.79. The highest BCUT2D eigenvalue weighted by atomic mass is 16.7. The molecule has 0 N–H and O–H groups in total. The second-order valence-corrected chi connectivity index (χ2v) is 6.58. The first-order valence-corrected chi connectivity index (χ1v) is 9.13. The van der Waals surface area contributed by atoms with Crippen LogP contribution in [0.1, 0.15) is 25.3 Å². The number of cyclic esters (lactones) is 1. The number of rotatable bonds is 5. The average molecular weight is 373 g/mol. The highest BCUT2D eigenvalue weighted by molar-refractivity contribution is 5.89. The molecule has 2 fully saturated rings. The van der Waals surface area contributed by atoms with Crippen molar-refractivity contribution in [2.45, 2.75) is 32.0 Å². The van der Waals surface area contributed by atoms with Crippen LogP contribution in [0.3, 0.4) is 0 Å². The lowest BCUT2D eigenvalue weighted by molar-refractivity contribution is -0.00295. The number of hydrogen-bond donors (Lipinski definition) is 0. The van der Waals surface area contributed by atoms with Gasteiger partial charge in [-0.15, -0.1) is 0 Å². The van der Waals surface area contributed by atoms with E-state index in [1.165, 1.54) is 0 Å². The summed E-state index contributed by atoms with van der Waals surface area (Å²) in [6.07, 6.45) is 0.152. The summed E-state index contributed by atoms with van der Waals surface area (Å²) in [5.41, 5.74) is 1.28. The molecule has 2 heterocycles. The number of ether oxygens (including phenoxy) is 3. The molecular weight excluding hydrogens is 350 g/mol. The largest absolute Gasteiger partial charge is 0.508 e. The Bertz CT molecular complexity index is 707. The van der Waals surface area contributed by atoms with Crippen molar-refractivity contribution in [3.8, 4) is 6.07 Å². The van der Waals surface area contributed by atoms with Gasteiger partial charge in [-0.1, -0.05) is 0 Å². The molecule has 1 atom stereocenters. The third kappa shape index (κ3) is 4.89. The number of hydrogen-bond acceptors (Lipinski definition) is 7. The highest BCUT2D eigenvalue weighted by Gasteiger charge is 2.34. The van der Waals surface area contributed by atoms with Crippen molar-refractivity contribution in [1.82, 2.24) is 4.90 Å². The minimum Gasteiger partial charge on any atom is -0.443 e. The van der Waals surface area contributed by atoms with Crippen molar-refractivity contribution in [2.75, 3.05) is 37.7 Å². The summed E-state index contributed by atoms with van der Waals surface area (Å²) in [7, 11) is 0. The molecule has 8 nitrogen and oxygen atoms in total. The lowest BCUT2D eigenvalue weighted by atomic mass is 10.1. The predicted octanol–water partition coefficient (Wildman–Crippen LogP) is 2.52. The van der Waals surface area contributed by atoms with Crippen molar-refractivity contribution < 1.29 is 23.8 Å². The topological polar surface area (TPSA) is 92.1 Å². The number of nitriles is 1. The average Bonchev–Trinajstić information content (AvgIpc) is 3.04. The van der Waals surface area contributed by atoms with Gasteiger partial charge in [-0.3, -0.25) is 9.80 Å². The van der Waals surface area contributed by atoms with E-state index in [0.29, 0.717) is 25.3 Å². The third-order valence-corrected chi connectivity index (χ3v) is 4.70. The Morgan fingerprint density at radius 3 is 2.63 bits per heavy atom. The number of likely N-dealkylation sites (tertiary alicyclic amines) is 1. The van der Waals surface area contributed by atoms with Crippen LogP contribution in [0.25, 0.3) is 0 Å². The number of benzene rings is 1. The van der Waals surface area contributed by atoms with E-state index in [-0.39, 0.29) is 18.3 Å². The zero-order chi connectivity index (χ0) is 19.2. The number of carbonyl (C=O) groups is 2. The smallest absolute Gasteiger partial charge is 0.443 e. The van der Waals surface area contributed by atoms with E-state index in [9.17, 15) is 9.59 Å². The minimum absolute atomic E-state index is 0.124. The zero-order valence-corrected chi connectivity index (χ0v) is 15.3. The molecule has 0 aliphatic carbocycles. The van der Waals surface area contributed by atoms with Gasteiger partial charge in [0.2, 0.25) is 0 Å². The fourth-order valence-corrected chi connectivity index (χ4v) is 3.33. The summed E-state index contributed by atoms with van der Waals surface area (Å²) in [5.74, 6) is 0. The van der Waals surface area contributed by atoms with Crippen molar-refractivity contribution in [3.05, 3.63) is 29.8 Å². The van der Waals surface area contributed by atoms with E-state index in [4.69, 9.17) is 19.5 Å². The Balaban J connectivity index is 1.46. The minimum atomic E-state index is -0.612. The highest BCUT2D eigenvalue weighted by Crippen LogP contribution is 2.23. The van der Waals surface area contributed by atoms with Crippen LogP contribution in [0, 0.1) is 11.3 Å². The normalized spacial score (nSPS) is 20.8. The van der Waals surface area contributed by atoms with Gasteiger partial charge >= 0.3 is 12.2 Å². The standard InChI is InChI=1S/C19H23N3O5/c1-2-25-19(24)27-16-7-9-21(10-8-16)12-17-13-22(18(23)26-17)15-5-3-14(11-20)4-6-15/h3-6,16-17H,2,7-10,12-13H2,1H3. The van der Waals surface area contributed by atoms with Gasteiger partial charge in [0.1, 0.15) is 12.2 Å². The van der Waals surface area contributed by atoms with Gasteiger partial charge in [0, 0.05) is 25.3 Å². The number of anilines is 1. The molecule has 1 aromatic carbocycles. The van der Waals surface area contributed by atoms with Crippen LogP contribution in [0.5, 0.6) is 0 Å². The summed E-state index contributed by atoms with van der Waals surface area (Å²) in [5, 5.41) is 8.87. The van der Waals surface area contributed by atoms with E-state index >= 15 is 0 Å². The first kappa shape index (κ1) is 19.0. The second kappa shape index (κ2) is 8.73. The molecule has 0 saturated carbocycles. The molecule has 2 aliphatic rings. The molecule has 0 radical (unpaired) electrons. The molecule has 27 heavy (non-hydrogen) atoms. The van der Waals surface area contributed by atoms with Crippen LogP contribution in [0.2, 0.25) is 0 Å². The Kier molecular flexibility index (Phi) is 6.14. The quantitative estimate of drug-likeness (QED) is 0.732. The first-order chi connectivity index (χ1) is 13.1. The zero-order valence-electron chi connectivity index (χ0n) is 15.3. The number of nitrogens with zero attached hydrogens (tertiary/aromatic N) is 3. The SMILES string of the molecule is CCOC(=O)OC1CCN(CC2CN(c3ccc(C#N)cc3)C(=O)O2)CC1. The molecule has 2 saturated heterocycles. The molecule has 3 rings (SSSR count). The summed E-state index contributed by atoms with van der Waals surface area (Å²) >= 11 is 0. The van der Waals surface area contributed by atoms with Gasteiger partial charge in [0.25, 0.3) is 0 Å². The van der Waals surface area contributed by atoms with E-state index in [0.717, 1.165) is 31.6 Å². The summed E-state index contributed by atoms with van der Waals surface area (Å²) in [6.45, 7) is 4.72. The van der Waals surface area contributed by atoms with Crippen molar-refractivity contribution in [1.29, 1.82) is 5.26 Å². The number of amides is 1. The van der Waals surface area contributed by atoms with E-state index in [2.05, 4.69) is 11.0 Å². The van der Waals surface area contributed by atoms with Crippen LogP contribution < -0.4 is 4.90 Å². The first-order valence-electron chi connectivity index (χ1n) is 9.13. The van der Waals surface area contributed by atoms with E-state index in [1.54, 1.807) is 36.1 Å². The van der Waals surface area contributed by atoms with Crippen LogP contribution >= 0.6 is 0 Å². The molecule has 1 amide bonds. The number of carbonyl (C=O) groups excluding carboxylic acids is 2. The summed E-state index contributed by atoms with van der Waals surface area (Å²) in [6, 6.07) is 8.93. The molecule has 1 unspecified atom stereocenters. The Labute approximate surface area is 158 Å². The van der Waals surface area contributed by atoms with E-state index in [1.807, 2.05) is 0 Å². The Morgan fingerprint density at radius 1 is 1.30 bits per heavy atom. The number of piperidine rings is 1. The third-order valence-electron chi connectivity index (χ3n) is 4.70. The molecule has 0 aromatic heterocycles. The van der Waals surface area contributed by atoms with Crippen LogP contribution in [0.15, 0.2) is 24.3 Å². The van der Waals surface area contributed by atoms with Crippen LogP contribution in [-0.2, 0) is 14.2 Å². The molecular formula is C19H23N3O5. The molecule has 0 bridgehead atoms. The summed E-state index contributed by atoms with van der Waals surface area (Å²) < 4.78 is 15.5.